The van der Waals surface area contributed by atoms with Gasteiger partial charge in [0.2, 0.25) is 0 Å². The molecule has 0 bridgehead atoms. The molecular formula is C47H72N4O13. The number of hydrogen-bond acceptors (Lipinski definition) is 14. The first-order valence-corrected chi connectivity index (χ1v) is 23.3. The van der Waals surface area contributed by atoms with Crippen molar-refractivity contribution in [2.45, 2.75) is 77.3 Å². The van der Waals surface area contributed by atoms with E-state index >= 15 is 0 Å². The van der Waals surface area contributed by atoms with Gasteiger partial charge in [-0.05, 0) is 55.2 Å². The standard InChI is InChI=1S/C47H72N4O13/c1-55-17-18-56-19-20-57-21-22-58-23-24-59-25-26-60-27-28-61-29-30-62-31-32-63-33-34-64-42(52)16-15-38-13-8-14-41(35-38)44-48-43-45(49-44)50(36-39-9-4-2-5-10-39)47(54)51(46(43)53)37-40-11-6-3-7-12-40/h8,13-16,35,39-40H,2-7,9-12,17-34,36-37H2,1H3,(H,48,49)/b16-15+. The van der Waals surface area contributed by atoms with E-state index < -0.39 is 5.97 Å². The zero-order valence-electron chi connectivity index (χ0n) is 38.0. The average molecular weight is 901 g/mol. The van der Waals surface area contributed by atoms with Gasteiger partial charge in [0.15, 0.2) is 5.65 Å². The molecule has 2 heterocycles. The largest absolute Gasteiger partial charge is 0.460 e. The summed E-state index contributed by atoms with van der Waals surface area (Å²) in [5, 5.41) is 0. The molecule has 0 atom stereocenters. The number of carbonyl (C=O) groups excluding carboxylic acids is 1. The van der Waals surface area contributed by atoms with E-state index in [4.69, 9.17) is 52.4 Å². The van der Waals surface area contributed by atoms with Crippen LogP contribution in [0.2, 0.25) is 0 Å². The SMILES string of the molecule is COCCOCCOCCOCCOCCOCCOCCOCCOCCOC(=O)/C=C/c1cccc(-c2nc3c([nH]2)c(=O)n(CC2CCCCC2)c(=O)n3CC2CCCCC2)c1. The van der Waals surface area contributed by atoms with Gasteiger partial charge in [0.1, 0.15) is 17.9 Å². The first-order valence-electron chi connectivity index (χ1n) is 23.3. The van der Waals surface area contributed by atoms with E-state index in [0.29, 0.717) is 148 Å². The minimum absolute atomic E-state index is 0.105. The lowest BCUT2D eigenvalue weighted by atomic mass is 9.89. The fourth-order valence-electron chi connectivity index (χ4n) is 7.87. The molecule has 3 aromatic rings. The lowest BCUT2D eigenvalue weighted by Gasteiger charge is -2.24. The summed E-state index contributed by atoms with van der Waals surface area (Å²) in [4.78, 5) is 48.4. The smallest absolute Gasteiger partial charge is 0.332 e. The second kappa shape index (κ2) is 31.2. The van der Waals surface area contributed by atoms with Crippen LogP contribution >= 0.6 is 0 Å². The first-order chi connectivity index (χ1) is 31.5. The predicted octanol–water partition coefficient (Wildman–Crippen LogP) is 5.05. The van der Waals surface area contributed by atoms with Crippen LogP contribution in [0.25, 0.3) is 28.6 Å². The second-order valence-electron chi connectivity index (χ2n) is 16.1. The number of nitrogens with one attached hydrogen (secondary N) is 1. The molecule has 5 rings (SSSR count). The summed E-state index contributed by atoms with van der Waals surface area (Å²) >= 11 is 0. The van der Waals surface area contributed by atoms with Crippen LogP contribution in [0.4, 0.5) is 0 Å². The zero-order valence-corrected chi connectivity index (χ0v) is 38.0. The molecule has 2 aromatic heterocycles. The highest BCUT2D eigenvalue weighted by Crippen LogP contribution is 2.27. The summed E-state index contributed by atoms with van der Waals surface area (Å²) in [7, 11) is 1.64. The maximum absolute atomic E-state index is 14.0. The van der Waals surface area contributed by atoms with Gasteiger partial charge in [0.25, 0.3) is 5.56 Å². The normalized spacial score (nSPS) is 15.2. The van der Waals surface area contributed by atoms with Crippen molar-refractivity contribution in [2.75, 3.05) is 126 Å². The predicted molar refractivity (Wildman–Crippen MR) is 242 cm³/mol. The minimum atomic E-state index is -0.493. The number of nitrogens with zero attached hydrogens (tertiary/aromatic N) is 3. The lowest BCUT2D eigenvalue weighted by molar-refractivity contribution is -0.139. The van der Waals surface area contributed by atoms with Gasteiger partial charge in [-0.3, -0.25) is 13.9 Å². The third kappa shape index (κ3) is 19.0. The fraction of sp³-hybridized carbons (Fsp3) is 0.702. The van der Waals surface area contributed by atoms with Gasteiger partial charge < -0.3 is 52.4 Å². The minimum Gasteiger partial charge on any atom is -0.460 e. The molecule has 2 aliphatic carbocycles. The zero-order chi connectivity index (χ0) is 44.9. The molecule has 0 aliphatic heterocycles. The molecule has 0 spiro atoms. The fourth-order valence-corrected chi connectivity index (χ4v) is 7.87. The Bertz CT molecular complexity index is 1880. The number of imidazole rings is 1. The maximum Gasteiger partial charge on any atom is 0.332 e. The molecule has 64 heavy (non-hydrogen) atoms. The Balaban J connectivity index is 0.906. The molecule has 1 aromatic carbocycles. The van der Waals surface area contributed by atoms with Crippen molar-refractivity contribution in [3.8, 4) is 11.4 Å². The van der Waals surface area contributed by atoms with Gasteiger partial charge >= 0.3 is 11.7 Å². The lowest BCUT2D eigenvalue weighted by Crippen LogP contribution is -2.42. The van der Waals surface area contributed by atoms with E-state index in [-0.39, 0.29) is 24.5 Å². The van der Waals surface area contributed by atoms with Crippen LogP contribution < -0.4 is 11.2 Å². The topological polar surface area (TPSA) is 182 Å². The van der Waals surface area contributed by atoms with Crippen LogP contribution in [0.15, 0.2) is 39.9 Å². The number of esters is 1. The molecule has 2 aliphatic rings. The molecule has 17 nitrogen and oxygen atoms in total. The summed E-state index contributed by atoms with van der Waals surface area (Å²) in [5.74, 6) is 0.722. The number of fused-ring (bicyclic) bond motifs is 1. The highest BCUT2D eigenvalue weighted by Gasteiger charge is 2.24. The number of carbonyl (C=O) groups is 1. The van der Waals surface area contributed by atoms with E-state index in [1.54, 1.807) is 17.8 Å². The monoisotopic (exact) mass is 901 g/mol. The Hall–Kier alpha value is -3.78. The van der Waals surface area contributed by atoms with E-state index in [1.165, 1.54) is 23.5 Å². The van der Waals surface area contributed by atoms with Crippen molar-refractivity contribution in [3.63, 3.8) is 0 Å². The Labute approximate surface area is 377 Å². The van der Waals surface area contributed by atoms with E-state index in [9.17, 15) is 14.4 Å². The number of rotatable bonds is 34. The van der Waals surface area contributed by atoms with Gasteiger partial charge in [-0.25, -0.2) is 14.6 Å². The average Bonchev–Trinajstić information content (AvgIpc) is 3.78. The molecule has 358 valence electrons. The van der Waals surface area contributed by atoms with Gasteiger partial charge in [-0.15, -0.1) is 0 Å². The van der Waals surface area contributed by atoms with Crippen molar-refractivity contribution >= 4 is 23.2 Å². The van der Waals surface area contributed by atoms with Gasteiger partial charge in [-0.2, -0.15) is 0 Å². The van der Waals surface area contributed by atoms with E-state index in [2.05, 4.69) is 4.98 Å². The first kappa shape index (κ1) is 51.2. The van der Waals surface area contributed by atoms with Gasteiger partial charge in [0, 0.05) is 31.8 Å². The molecule has 0 amide bonds. The van der Waals surface area contributed by atoms with Crippen molar-refractivity contribution in [1.82, 2.24) is 19.1 Å². The summed E-state index contributed by atoms with van der Waals surface area (Å²) in [6.45, 7) is 9.10. The number of aromatic amines is 1. The highest BCUT2D eigenvalue weighted by molar-refractivity contribution is 5.87. The molecule has 1 N–H and O–H groups in total. The molecule has 2 saturated carbocycles. The molecule has 0 unspecified atom stereocenters. The van der Waals surface area contributed by atoms with Gasteiger partial charge in [0.05, 0.1) is 112 Å². The van der Waals surface area contributed by atoms with Crippen molar-refractivity contribution < 1.29 is 52.2 Å². The summed E-state index contributed by atoms with van der Waals surface area (Å²) in [5.41, 5.74) is 1.70. The number of benzene rings is 1. The van der Waals surface area contributed by atoms with Crippen molar-refractivity contribution in [1.29, 1.82) is 0 Å². The molecule has 0 radical (unpaired) electrons. The van der Waals surface area contributed by atoms with Crippen LogP contribution in [0.3, 0.4) is 0 Å². The number of H-pyrrole nitrogens is 1. The number of ether oxygens (including phenoxy) is 10. The summed E-state index contributed by atoms with van der Waals surface area (Å²) < 4.78 is 57.1. The molecule has 0 saturated heterocycles. The Morgan fingerprint density at radius 2 is 1.08 bits per heavy atom. The molecule has 17 heteroatoms. The Morgan fingerprint density at radius 1 is 0.625 bits per heavy atom. The van der Waals surface area contributed by atoms with E-state index in [0.717, 1.165) is 62.5 Å². The Kier molecular flexibility index (Phi) is 25.0. The van der Waals surface area contributed by atoms with Crippen LogP contribution in [-0.2, 0) is 65.3 Å². The number of methoxy groups -OCH3 is 1. The van der Waals surface area contributed by atoms with Crippen LogP contribution in [0.1, 0.15) is 69.8 Å². The third-order valence-electron chi connectivity index (χ3n) is 11.3. The second-order valence-corrected chi connectivity index (χ2v) is 16.1. The quantitative estimate of drug-likeness (QED) is 0.0478. The molecular weight excluding hydrogens is 829 g/mol. The van der Waals surface area contributed by atoms with Crippen molar-refractivity contribution in [2.24, 2.45) is 11.8 Å². The molecule has 2 fully saturated rings. The van der Waals surface area contributed by atoms with Crippen LogP contribution in [0, 0.1) is 11.8 Å². The van der Waals surface area contributed by atoms with Crippen LogP contribution in [0.5, 0.6) is 0 Å². The third-order valence-corrected chi connectivity index (χ3v) is 11.3. The van der Waals surface area contributed by atoms with Gasteiger partial charge in [-0.1, -0.05) is 56.7 Å². The Morgan fingerprint density at radius 3 is 1.56 bits per heavy atom. The van der Waals surface area contributed by atoms with E-state index in [1.807, 2.05) is 24.3 Å². The maximum atomic E-state index is 14.0. The summed E-state index contributed by atoms with van der Waals surface area (Å²) in [6, 6.07) is 7.51. The van der Waals surface area contributed by atoms with Crippen LogP contribution in [-0.4, -0.2) is 151 Å². The number of hydrogen-bond donors (Lipinski definition) is 1. The van der Waals surface area contributed by atoms with Crippen molar-refractivity contribution in [3.05, 3.63) is 56.7 Å². The number of aromatic nitrogens is 4. The highest BCUT2D eigenvalue weighted by atomic mass is 16.6. The summed E-state index contributed by atoms with van der Waals surface area (Å²) in [6.07, 6.45) is 14.3.